The van der Waals surface area contributed by atoms with Crippen molar-refractivity contribution >= 4 is 40.4 Å². The summed E-state index contributed by atoms with van der Waals surface area (Å²) >= 11 is 11.8. The summed E-state index contributed by atoms with van der Waals surface area (Å²) in [7, 11) is 0. The summed E-state index contributed by atoms with van der Waals surface area (Å²) in [6.45, 7) is 6.99. The van der Waals surface area contributed by atoms with Crippen molar-refractivity contribution in [2.24, 2.45) is 0 Å². The molecule has 2 aromatic carbocycles. The van der Waals surface area contributed by atoms with E-state index >= 15 is 0 Å². The van der Waals surface area contributed by atoms with E-state index < -0.39 is 0 Å². The van der Waals surface area contributed by atoms with Crippen LogP contribution in [0, 0.1) is 26.6 Å². The second-order valence-corrected chi connectivity index (χ2v) is 8.64. The smallest absolute Gasteiger partial charge is 0.176 e. The molecule has 4 aromatic rings. The summed E-state index contributed by atoms with van der Waals surface area (Å²) in [6, 6.07) is 16.1. The molecular formula is C24H24ClFN6S. The van der Waals surface area contributed by atoms with Gasteiger partial charge in [-0.1, -0.05) is 41.9 Å². The van der Waals surface area contributed by atoms with Gasteiger partial charge in [-0.2, -0.15) is 10.2 Å². The largest absolute Gasteiger partial charge is 0.329 e. The summed E-state index contributed by atoms with van der Waals surface area (Å²) in [6.07, 6.45) is 0. The molecule has 0 aliphatic heterocycles. The van der Waals surface area contributed by atoms with E-state index in [1.807, 2.05) is 60.5 Å². The number of aryl methyl sites for hydroxylation is 2. The van der Waals surface area contributed by atoms with Crippen molar-refractivity contribution in [2.45, 2.75) is 33.9 Å². The second-order valence-electron chi connectivity index (χ2n) is 7.83. The lowest BCUT2D eigenvalue weighted by Crippen LogP contribution is -2.20. The van der Waals surface area contributed by atoms with Crippen LogP contribution in [0.3, 0.4) is 0 Å². The zero-order chi connectivity index (χ0) is 23.5. The number of thiocarbonyl (C=S) groups is 1. The van der Waals surface area contributed by atoms with Gasteiger partial charge in [-0.15, -0.1) is 0 Å². The van der Waals surface area contributed by atoms with Gasteiger partial charge >= 0.3 is 0 Å². The standard InChI is InChI=1S/C24H24ClFN6S/c1-15-12-22(30-31(15)14-19-6-4-5-7-21(19)25)27-24(33)28-23-16(2)29-32(17(23)3)13-18-8-10-20(26)11-9-18/h4-12H,13-14H2,1-3H3,(H2,27,28,30,33). The Morgan fingerprint density at radius 1 is 0.970 bits per heavy atom. The van der Waals surface area contributed by atoms with E-state index in [0.29, 0.717) is 29.0 Å². The molecule has 2 heterocycles. The van der Waals surface area contributed by atoms with Gasteiger partial charge in [0.05, 0.1) is 30.2 Å². The van der Waals surface area contributed by atoms with Gasteiger partial charge in [0, 0.05) is 16.8 Å². The van der Waals surface area contributed by atoms with E-state index in [1.54, 1.807) is 12.1 Å². The second kappa shape index (κ2) is 9.72. The summed E-state index contributed by atoms with van der Waals surface area (Å²) in [5.74, 6) is 0.390. The molecule has 2 aromatic heterocycles. The number of hydrogen-bond donors (Lipinski definition) is 2. The lowest BCUT2D eigenvalue weighted by molar-refractivity contribution is 0.622. The molecule has 4 rings (SSSR count). The molecule has 0 aliphatic rings. The molecular weight excluding hydrogens is 459 g/mol. The molecule has 170 valence electrons. The summed E-state index contributed by atoms with van der Waals surface area (Å²) < 4.78 is 16.9. The molecule has 0 spiro atoms. The van der Waals surface area contributed by atoms with E-state index in [-0.39, 0.29) is 5.82 Å². The van der Waals surface area contributed by atoms with Gasteiger partial charge in [-0.3, -0.25) is 9.36 Å². The molecule has 9 heteroatoms. The van der Waals surface area contributed by atoms with Crippen LogP contribution in [-0.2, 0) is 13.1 Å². The Balaban J connectivity index is 1.43. The van der Waals surface area contributed by atoms with E-state index in [9.17, 15) is 4.39 Å². The molecule has 0 saturated carbocycles. The van der Waals surface area contributed by atoms with Gasteiger partial charge in [0.2, 0.25) is 0 Å². The van der Waals surface area contributed by atoms with Crippen molar-refractivity contribution < 1.29 is 4.39 Å². The molecule has 0 saturated heterocycles. The number of benzene rings is 2. The molecule has 0 atom stereocenters. The van der Waals surface area contributed by atoms with Crippen molar-refractivity contribution in [3.8, 4) is 0 Å². The fourth-order valence-corrected chi connectivity index (χ4v) is 3.98. The minimum atomic E-state index is -0.254. The average molecular weight is 483 g/mol. The predicted octanol–water partition coefficient (Wildman–Crippen LogP) is 5.70. The van der Waals surface area contributed by atoms with Gasteiger partial charge in [0.1, 0.15) is 5.82 Å². The van der Waals surface area contributed by atoms with Crippen LogP contribution in [-0.4, -0.2) is 24.7 Å². The maximum atomic E-state index is 13.2. The first-order valence-corrected chi connectivity index (χ1v) is 11.2. The Morgan fingerprint density at radius 3 is 2.42 bits per heavy atom. The first kappa shape index (κ1) is 22.9. The topological polar surface area (TPSA) is 59.7 Å². The number of rotatable bonds is 6. The average Bonchev–Trinajstić information content (AvgIpc) is 3.24. The third-order valence-electron chi connectivity index (χ3n) is 5.37. The highest BCUT2D eigenvalue weighted by atomic mass is 35.5. The van der Waals surface area contributed by atoms with E-state index in [1.165, 1.54) is 12.1 Å². The molecule has 0 aliphatic carbocycles. The van der Waals surface area contributed by atoms with Crippen LogP contribution in [0.1, 0.15) is 28.2 Å². The van der Waals surface area contributed by atoms with Crippen LogP contribution in [0.5, 0.6) is 0 Å². The van der Waals surface area contributed by atoms with E-state index in [4.69, 9.17) is 23.8 Å². The zero-order valence-corrected chi connectivity index (χ0v) is 20.1. The maximum Gasteiger partial charge on any atom is 0.176 e. The molecule has 0 fully saturated rings. The van der Waals surface area contributed by atoms with Gasteiger partial charge in [-0.25, -0.2) is 4.39 Å². The fraction of sp³-hybridized carbons (Fsp3) is 0.208. The van der Waals surface area contributed by atoms with Crippen LogP contribution >= 0.6 is 23.8 Å². The molecule has 33 heavy (non-hydrogen) atoms. The molecule has 0 radical (unpaired) electrons. The Labute approximate surface area is 202 Å². The number of aromatic nitrogens is 4. The minimum absolute atomic E-state index is 0.254. The van der Waals surface area contributed by atoms with Crippen molar-refractivity contribution in [3.05, 3.63) is 93.6 Å². The molecule has 2 N–H and O–H groups in total. The van der Waals surface area contributed by atoms with E-state index in [0.717, 1.165) is 33.9 Å². The third-order valence-corrected chi connectivity index (χ3v) is 5.94. The minimum Gasteiger partial charge on any atom is -0.329 e. The lowest BCUT2D eigenvalue weighted by Gasteiger charge is -2.10. The molecule has 6 nitrogen and oxygen atoms in total. The Kier molecular flexibility index (Phi) is 6.76. The Morgan fingerprint density at radius 2 is 1.70 bits per heavy atom. The highest BCUT2D eigenvalue weighted by Gasteiger charge is 2.14. The Hall–Kier alpha value is -3.23. The highest BCUT2D eigenvalue weighted by Crippen LogP contribution is 2.22. The lowest BCUT2D eigenvalue weighted by atomic mass is 10.2. The third kappa shape index (κ3) is 5.40. The van der Waals surface area contributed by atoms with Gasteiger partial charge in [0.15, 0.2) is 10.9 Å². The fourth-order valence-electron chi connectivity index (χ4n) is 3.57. The first-order chi connectivity index (χ1) is 15.8. The Bertz CT molecular complexity index is 1300. The number of hydrogen-bond acceptors (Lipinski definition) is 3. The molecule has 0 unspecified atom stereocenters. The van der Waals surface area contributed by atoms with Crippen molar-refractivity contribution in [1.29, 1.82) is 0 Å². The zero-order valence-electron chi connectivity index (χ0n) is 18.6. The van der Waals surface area contributed by atoms with Crippen molar-refractivity contribution in [1.82, 2.24) is 19.6 Å². The highest BCUT2D eigenvalue weighted by molar-refractivity contribution is 7.80. The SMILES string of the molecule is Cc1nn(Cc2ccc(F)cc2)c(C)c1NC(=S)Nc1cc(C)n(Cc2ccccc2Cl)n1. The normalized spacial score (nSPS) is 10.9. The first-order valence-electron chi connectivity index (χ1n) is 10.4. The van der Waals surface area contributed by atoms with E-state index in [2.05, 4.69) is 20.8 Å². The summed E-state index contributed by atoms with van der Waals surface area (Å²) in [5, 5.41) is 16.7. The summed E-state index contributed by atoms with van der Waals surface area (Å²) in [5.41, 5.74) is 5.54. The molecule has 0 bridgehead atoms. The monoisotopic (exact) mass is 482 g/mol. The van der Waals surface area contributed by atoms with Gasteiger partial charge in [-0.05, 0) is 62.3 Å². The van der Waals surface area contributed by atoms with Gasteiger partial charge in [0.25, 0.3) is 0 Å². The van der Waals surface area contributed by atoms with Crippen molar-refractivity contribution in [2.75, 3.05) is 10.6 Å². The van der Waals surface area contributed by atoms with Gasteiger partial charge < -0.3 is 10.6 Å². The van der Waals surface area contributed by atoms with Crippen LogP contribution in [0.4, 0.5) is 15.9 Å². The quantitative estimate of drug-likeness (QED) is 0.345. The van der Waals surface area contributed by atoms with Crippen LogP contribution in [0.15, 0.2) is 54.6 Å². The van der Waals surface area contributed by atoms with Crippen LogP contribution in [0.2, 0.25) is 5.02 Å². The maximum absolute atomic E-state index is 13.2. The predicted molar refractivity (Wildman–Crippen MR) is 135 cm³/mol. The number of nitrogens with zero attached hydrogens (tertiary/aromatic N) is 4. The number of anilines is 2. The molecule has 0 amide bonds. The van der Waals surface area contributed by atoms with Crippen LogP contribution in [0.25, 0.3) is 0 Å². The number of halogens is 2. The number of nitrogens with one attached hydrogen (secondary N) is 2. The van der Waals surface area contributed by atoms with Crippen LogP contribution < -0.4 is 10.6 Å². The summed E-state index contributed by atoms with van der Waals surface area (Å²) in [4.78, 5) is 0. The van der Waals surface area contributed by atoms with Crippen molar-refractivity contribution in [3.63, 3.8) is 0 Å².